The summed E-state index contributed by atoms with van der Waals surface area (Å²) in [4.78, 5) is 26.8. The molecule has 1 aliphatic carbocycles. The van der Waals surface area contributed by atoms with E-state index in [9.17, 15) is 9.59 Å². The first-order chi connectivity index (χ1) is 15.7. The highest BCUT2D eigenvalue weighted by atomic mass is 35.5. The van der Waals surface area contributed by atoms with Crippen LogP contribution in [0.25, 0.3) is 17.7 Å². The van der Waals surface area contributed by atoms with Crippen molar-refractivity contribution in [2.24, 2.45) is 0 Å². The highest BCUT2D eigenvalue weighted by Gasteiger charge is 2.26. The fraction of sp³-hybridized carbons (Fsp3) is 0.333. The Bertz CT molecular complexity index is 1040. The Morgan fingerprint density at radius 2 is 1.55 bits per heavy atom. The molecule has 0 radical (unpaired) electrons. The molecule has 2 amide bonds. The molecule has 172 valence electrons. The molecule has 0 saturated carbocycles. The Labute approximate surface area is 201 Å². The van der Waals surface area contributed by atoms with Crippen molar-refractivity contribution >= 4 is 41.9 Å². The maximum Gasteiger partial charge on any atom is 0.241 e. The molecule has 0 aromatic heterocycles. The number of halogens is 1. The monoisotopic (exact) mass is 463 g/mol. The van der Waals surface area contributed by atoms with Gasteiger partial charge in [0.15, 0.2) is 0 Å². The Morgan fingerprint density at radius 3 is 2.12 bits per heavy atom. The van der Waals surface area contributed by atoms with Crippen LogP contribution in [0.1, 0.15) is 47.9 Å². The number of fused-ring (bicyclic) bond motifs is 2. The van der Waals surface area contributed by atoms with Crippen LogP contribution in [0.2, 0.25) is 0 Å². The van der Waals surface area contributed by atoms with Gasteiger partial charge in [-0.1, -0.05) is 66.3 Å². The first-order valence-corrected chi connectivity index (χ1v) is 11.6. The first kappa shape index (κ1) is 23.3. The van der Waals surface area contributed by atoms with Gasteiger partial charge in [0.2, 0.25) is 11.8 Å². The molecule has 2 aliphatic heterocycles. The van der Waals surface area contributed by atoms with E-state index in [0.29, 0.717) is 13.1 Å². The number of piperidine rings is 1. The molecule has 1 atom stereocenters. The van der Waals surface area contributed by atoms with Crippen LogP contribution in [0.4, 0.5) is 0 Å². The molecule has 2 N–H and O–H groups in total. The van der Waals surface area contributed by atoms with Gasteiger partial charge in [-0.15, -0.1) is 12.4 Å². The second kappa shape index (κ2) is 10.4. The van der Waals surface area contributed by atoms with Gasteiger partial charge in [-0.3, -0.25) is 9.59 Å². The van der Waals surface area contributed by atoms with E-state index in [1.54, 1.807) is 0 Å². The fourth-order valence-corrected chi connectivity index (χ4v) is 5.03. The number of hydrogen-bond acceptors (Lipinski definition) is 3. The SMILES string of the molecule is Cl.O=C(NCC(=O)N1CCC(=C2c3ccccc3C=Cc3ccccc32)CC1)C1CCCN1. The number of nitrogens with one attached hydrogen (secondary N) is 2. The molecule has 5 nitrogen and oxygen atoms in total. The van der Waals surface area contributed by atoms with Gasteiger partial charge >= 0.3 is 0 Å². The smallest absolute Gasteiger partial charge is 0.241 e. The van der Waals surface area contributed by atoms with Gasteiger partial charge in [0.25, 0.3) is 0 Å². The lowest BCUT2D eigenvalue weighted by atomic mass is 9.86. The molecule has 33 heavy (non-hydrogen) atoms. The van der Waals surface area contributed by atoms with E-state index in [4.69, 9.17) is 0 Å². The lowest BCUT2D eigenvalue weighted by Crippen LogP contribution is -2.47. The number of carbonyl (C=O) groups is 2. The van der Waals surface area contributed by atoms with Crippen LogP contribution in [0.15, 0.2) is 54.1 Å². The van der Waals surface area contributed by atoms with Crippen LogP contribution < -0.4 is 10.6 Å². The van der Waals surface area contributed by atoms with E-state index in [0.717, 1.165) is 32.2 Å². The number of rotatable bonds is 3. The number of carbonyl (C=O) groups excluding carboxylic acids is 2. The number of likely N-dealkylation sites (tertiary alicyclic amines) is 1. The third-order valence-electron chi connectivity index (χ3n) is 6.77. The summed E-state index contributed by atoms with van der Waals surface area (Å²) in [6.07, 6.45) is 7.95. The van der Waals surface area contributed by atoms with Gasteiger partial charge in [-0.05, 0) is 60.1 Å². The molecule has 2 saturated heterocycles. The summed E-state index contributed by atoms with van der Waals surface area (Å²) in [5.41, 5.74) is 7.70. The third-order valence-corrected chi connectivity index (χ3v) is 6.77. The average Bonchev–Trinajstić information content (AvgIpc) is 3.33. The zero-order chi connectivity index (χ0) is 21.9. The molecule has 0 bridgehead atoms. The highest BCUT2D eigenvalue weighted by molar-refractivity contribution is 5.95. The van der Waals surface area contributed by atoms with Gasteiger partial charge in [-0.25, -0.2) is 0 Å². The van der Waals surface area contributed by atoms with Crippen LogP contribution in [-0.4, -0.2) is 48.9 Å². The second-order valence-corrected chi connectivity index (χ2v) is 8.73. The normalized spacial score (nSPS) is 19.3. The van der Waals surface area contributed by atoms with Crippen LogP contribution in [0, 0.1) is 0 Å². The van der Waals surface area contributed by atoms with Gasteiger partial charge in [0.1, 0.15) is 0 Å². The van der Waals surface area contributed by atoms with Crippen molar-refractivity contribution in [1.82, 2.24) is 15.5 Å². The van der Waals surface area contributed by atoms with E-state index >= 15 is 0 Å². The maximum absolute atomic E-state index is 12.7. The van der Waals surface area contributed by atoms with Crippen LogP contribution in [0.5, 0.6) is 0 Å². The number of amides is 2. The summed E-state index contributed by atoms with van der Waals surface area (Å²) in [5.74, 6) is -0.0569. The van der Waals surface area contributed by atoms with E-state index in [1.165, 1.54) is 33.4 Å². The average molecular weight is 464 g/mol. The van der Waals surface area contributed by atoms with Crippen molar-refractivity contribution < 1.29 is 9.59 Å². The Hall–Kier alpha value is -2.89. The summed E-state index contributed by atoms with van der Waals surface area (Å²) in [6, 6.07) is 16.9. The van der Waals surface area contributed by atoms with Crippen LogP contribution in [-0.2, 0) is 9.59 Å². The molecular formula is C27H30ClN3O2. The van der Waals surface area contributed by atoms with Crippen LogP contribution in [0.3, 0.4) is 0 Å². The quantitative estimate of drug-likeness (QED) is 0.619. The lowest BCUT2D eigenvalue weighted by molar-refractivity contribution is -0.133. The minimum Gasteiger partial charge on any atom is -0.346 e. The zero-order valence-electron chi connectivity index (χ0n) is 18.7. The molecule has 6 heteroatoms. The number of hydrogen-bond donors (Lipinski definition) is 2. The minimum atomic E-state index is -0.149. The molecule has 1 unspecified atom stereocenters. The number of benzene rings is 2. The molecule has 2 heterocycles. The van der Waals surface area contributed by atoms with Crippen molar-refractivity contribution in [3.8, 4) is 0 Å². The van der Waals surface area contributed by atoms with Gasteiger partial charge < -0.3 is 15.5 Å². The number of nitrogens with zero attached hydrogens (tertiary/aromatic N) is 1. The summed E-state index contributed by atoms with van der Waals surface area (Å²) >= 11 is 0. The van der Waals surface area contributed by atoms with E-state index in [1.807, 2.05) is 4.90 Å². The van der Waals surface area contributed by atoms with Gasteiger partial charge in [0.05, 0.1) is 12.6 Å². The van der Waals surface area contributed by atoms with Gasteiger partial charge in [0, 0.05) is 13.1 Å². The van der Waals surface area contributed by atoms with Crippen molar-refractivity contribution in [3.63, 3.8) is 0 Å². The molecule has 3 aliphatic rings. The topological polar surface area (TPSA) is 61.4 Å². The summed E-state index contributed by atoms with van der Waals surface area (Å²) < 4.78 is 0. The molecule has 0 spiro atoms. The predicted octanol–water partition coefficient (Wildman–Crippen LogP) is 3.88. The van der Waals surface area contributed by atoms with Gasteiger partial charge in [-0.2, -0.15) is 0 Å². The molecule has 5 rings (SSSR count). The molecule has 2 aromatic carbocycles. The van der Waals surface area contributed by atoms with Crippen molar-refractivity contribution in [2.75, 3.05) is 26.2 Å². The summed E-state index contributed by atoms with van der Waals surface area (Å²) in [6.45, 7) is 2.33. The Balaban J connectivity index is 0.00000259. The predicted molar refractivity (Wildman–Crippen MR) is 135 cm³/mol. The first-order valence-electron chi connectivity index (χ1n) is 11.6. The second-order valence-electron chi connectivity index (χ2n) is 8.73. The van der Waals surface area contributed by atoms with Crippen LogP contribution >= 0.6 is 12.4 Å². The van der Waals surface area contributed by atoms with E-state index < -0.39 is 0 Å². The minimum absolute atomic E-state index is 0. The molecular weight excluding hydrogens is 434 g/mol. The zero-order valence-corrected chi connectivity index (χ0v) is 19.5. The highest BCUT2D eigenvalue weighted by Crippen LogP contribution is 2.38. The van der Waals surface area contributed by atoms with Crippen molar-refractivity contribution in [2.45, 2.75) is 31.7 Å². The molecule has 2 aromatic rings. The third kappa shape index (κ3) is 4.90. The lowest BCUT2D eigenvalue weighted by Gasteiger charge is -2.31. The fourth-order valence-electron chi connectivity index (χ4n) is 5.03. The van der Waals surface area contributed by atoms with Crippen molar-refractivity contribution in [1.29, 1.82) is 0 Å². The standard InChI is InChI=1S/C27H29N3O2.ClH/c31-25(18-29-27(32)24-10-5-15-28-24)30-16-13-21(14-17-30)26-22-8-3-1-6-19(22)11-12-20-7-2-4-9-23(20)26;/h1-4,6-9,11-12,24,28H,5,10,13-18H2,(H,29,32);1H. The summed E-state index contributed by atoms with van der Waals surface area (Å²) in [7, 11) is 0. The summed E-state index contributed by atoms with van der Waals surface area (Å²) in [5, 5.41) is 5.99. The Morgan fingerprint density at radius 1 is 0.939 bits per heavy atom. The van der Waals surface area contributed by atoms with E-state index in [-0.39, 0.29) is 36.8 Å². The Kier molecular flexibility index (Phi) is 7.31. The van der Waals surface area contributed by atoms with E-state index in [2.05, 4.69) is 71.3 Å². The molecule has 2 fully saturated rings. The largest absolute Gasteiger partial charge is 0.346 e. The maximum atomic E-state index is 12.7. The van der Waals surface area contributed by atoms with Crippen molar-refractivity contribution in [3.05, 3.63) is 76.4 Å².